The number of hydrogen-bond acceptors (Lipinski definition) is 3. The lowest BCUT2D eigenvalue weighted by Crippen LogP contribution is -2.38. The Kier molecular flexibility index (Phi) is 13.5. The Bertz CT molecular complexity index is 612. The summed E-state index contributed by atoms with van der Waals surface area (Å²) >= 11 is 3.38. The molecule has 0 heterocycles. The van der Waals surface area contributed by atoms with Crippen LogP contribution in [-0.2, 0) is 4.74 Å². The van der Waals surface area contributed by atoms with Gasteiger partial charge in [-0.2, -0.15) is 0 Å². The third-order valence-electron chi connectivity index (χ3n) is 4.13. The summed E-state index contributed by atoms with van der Waals surface area (Å²) in [6, 6.07) is 7.38. The van der Waals surface area contributed by atoms with Crippen LogP contribution in [0.15, 0.2) is 33.7 Å². The van der Waals surface area contributed by atoms with Crippen molar-refractivity contribution in [3.8, 4) is 0 Å². The number of rotatable bonds is 12. The zero-order valence-electron chi connectivity index (χ0n) is 16.5. The van der Waals surface area contributed by atoms with Crippen LogP contribution in [0.5, 0.6) is 0 Å². The van der Waals surface area contributed by atoms with Crippen LogP contribution < -0.4 is 16.0 Å². The summed E-state index contributed by atoms with van der Waals surface area (Å²) in [4.78, 5) is 16.6. The first-order valence-corrected chi connectivity index (χ1v) is 10.6. The van der Waals surface area contributed by atoms with Gasteiger partial charge in [-0.1, -0.05) is 22.0 Å². The van der Waals surface area contributed by atoms with Gasteiger partial charge in [0.25, 0.3) is 5.91 Å². The number of nitrogens with zero attached hydrogens (tertiary/aromatic N) is 1. The molecule has 0 saturated heterocycles. The molecule has 28 heavy (non-hydrogen) atoms. The zero-order chi connectivity index (χ0) is 19.3. The molecule has 1 amide bonds. The number of hydrogen-bond donors (Lipinski definition) is 3. The lowest BCUT2D eigenvalue weighted by atomic mass is 10.2. The van der Waals surface area contributed by atoms with Crippen molar-refractivity contribution in [2.45, 2.75) is 32.6 Å². The van der Waals surface area contributed by atoms with Gasteiger partial charge in [-0.15, -0.1) is 24.0 Å². The number of nitrogens with one attached hydrogen (secondary N) is 3. The molecule has 1 saturated carbocycles. The molecule has 1 fully saturated rings. The predicted molar refractivity (Wildman–Crippen MR) is 129 cm³/mol. The van der Waals surface area contributed by atoms with Gasteiger partial charge in [0.1, 0.15) is 0 Å². The van der Waals surface area contributed by atoms with Crippen LogP contribution in [0.3, 0.4) is 0 Å². The van der Waals surface area contributed by atoms with Gasteiger partial charge >= 0.3 is 0 Å². The van der Waals surface area contributed by atoms with Crippen molar-refractivity contribution in [3.05, 3.63) is 34.3 Å². The average molecular weight is 567 g/mol. The Morgan fingerprint density at radius 3 is 2.71 bits per heavy atom. The van der Waals surface area contributed by atoms with Crippen LogP contribution in [-0.4, -0.2) is 51.3 Å². The topological polar surface area (TPSA) is 74.8 Å². The quantitative estimate of drug-likeness (QED) is 0.156. The molecule has 1 aromatic rings. The smallest absolute Gasteiger partial charge is 0.251 e. The summed E-state index contributed by atoms with van der Waals surface area (Å²) in [7, 11) is 0. The summed E-state index contributed by atoms with van der Waals surface area (Å²) in [6.07, 6.45) is 4.43. The number of carbonyl (C=O) groups is 1. The molecule has 3 N–H and O–H groups in total. The van der Waals surface area contributed by atoms with Crippen molar-refractivity contribution < 1.29 is 9.53 Å². The molecule has 0 aliphatic heterocycles. The highest BCUT2D eigenvalue weighted by Gasteiger charge is 2.20. The monoisotopic (exact) mass is 566 g/mol. The van der Waals surface area contributed by atoms with Crippen molar-refractivity contribution in [1.29, 1.82) is 0 Å². The van der Waals surface area contributed by atoms with Gasteiger partial charge < -0.3 is 20.7 Å². The van der Waals surface area contributed by atoms with Crippen LogP contribution in [0.2, 0.25) is 0 Å². The molecule has 0 unspecified atom stereocenters. The number of halogens is 2. The van der Waals surface area contributed by atoms with E-state index >= 15 is 0 Å². The first-order valence-electron chi connectivity index (χ1n) is 9.82. The van der Waals surface area contributed by atoms with E-state index < -0.39 is 0 Å². The molecule has 6 nitrogen and oxygen atoms in total. The second-order valence-electron chi connectivity index (χ2n) is 6.68. The molecule has 0 aromatic heterocycles. The molecular weight excluding hydrogens is 535 g/mol. The largest absolute Gasteiger partial charge is 0.381 e. The van der Waals surface area contributed by atoms with E-state index in [9.17, 15) is 4.79 Å². The SMILES string of the molecule is CCNC(=NCCCNC(=O)c1cccc(Br)c1)NCCCOCC1CC1.I. The molecule has 1 aromatic carbocycles. The highest BCUT2D eigenvalue weighted by atomic mass is 127. The van der Waals surface area contributed by atoms with Crippen molar-refractivity contribution in [2.75, 3.05) is 39.4 Å². The van der Waals surface area contributed by atoms with Crippen molar-refractivity contribution in [2.24, 2.45) is 10.9 Å². The Morgan fingerprint density at radius 2 is 2.00 bits per heavy atom. The second-order valence-corrected chi connectivity index (χ2v) is 7.59. The molecule has 158 valence electrons. The van der Waals surface area contributed by atoms with Crippen LogP contribution in [0.4, 0.5) is 0 Å². The molecular formula is C20H32BrIN4O2. The molecule has 1 aliphatic rings. The van der Waals surface area contributed by atoms with E-state index in [0.29, 0.717) is 18.7 Å². The van der Waals surface area contributed by atoms with Crippen molar-refractivity contribution >= 4 is 51.8 Å². The number of carbonyl (C=O) groups excluding carboxylic acids is 1. The van der Waals surface area contributed by atoms with E-state index in [1.54, 1.807) is 6.07 Å². The number of amides is 1. The zero-order valence-corrected chi connectivity index (χ0v) is 20.4. The fourth-order valence-electron chi connectivity index (χ4n) is 2.46. The second kappa shape index (κ2) is 15.0. The van der Waals surface area contributed by atoms with Gasteiger partial charge in [0.2, 0.25) is 0 Å². The van der Waals surface area contributed by atoms with E-state index in [1.165, 1.54) is 12.8 Å². The maximum atomic E-state index is 12.1. The Balaban J connectivity index is 0.00000392. The van der Waals surface area contributed by atoms with Crippen LogP contribution >= 0.6 is 39.9 Å². The van der Waals surface area contributed by atoms with Gasteiger partial charge in [-0.05, 0) is 56.7 Å². The van der Waals surface area contributed by atoms with Gasteiger partial charge in [0, 0.05) is 49.4 Å². The Labute approximate surface area is 193 Å². The summed E-state index contributed by atoms with van der Waals surface area (Å²) in [5, 5.41) is 9.49. The maximum absolute atomic E-state index is 12.1. The maximum Gasteiger partial charge on any atom is 0.251 e. The first kappa shape index (κ1) is 25.2. The molecule has 0 bridgehead atoms. The summed E-state index contributed by atoms with van der Waals surface area (Å²) < 4.78 is 6.54. The molecule has 2 rings (SSSR count). The Morgan fingerprint density at radius 1 is 1.21 bits per heavy atom. The minimum atomic E-state index is -0.0588. The predicted octanol–water partition coefficient (Wildman–Crippen LogP) is 3.56. The standard InChI is InChI=1S/C20H31BrN4O2.HI/c1-2-22-20(25-12-5-13-27-15-16-8-9-16)24-11-4-10-23-19(26)17-6-3-7-18(21)14-17;/h3,6-7,14,16H,2,4-5,8-13,15H2,1H3,(H,23,26)(H2,22,24,25);1H. The van der Waals surface area contributed by atoms with E-state index in [0.717, 1.165) is 55.5 Å². The minimum absolute atomic E-state index is 0. The van der Waals surface area contributed by atoms with Crippen molar-refractivity contribution in [1.82, 2.24) is 16.0 Å². The third kappa shape index (κ3) is 11.2. The highest BCUT2D eigenvalue weighted by Crippen LogP contribution is 2.28. The lowest BCUT2D eigenvalue weighted by Gasteiger charge is -2.11. The highest BCUT2D eigenvalue weighted by molar-refractivity contribution is 14.0. The fraction of sp³-hybridized carbons (Fsp3) is 0.600. The number of ether oxygens (including phenoxy) is 1. The molecule has 8 heteroatoms. The van der Waals surface area contributed by atoms with E-state index in [-0.39, 0.29) is 29.9 Å². The van der Waals surface area contributed by atoms with Crippen LogP contribution in [0.25, 0.3) is 0 Å². The first-order chi connectivity index (χ1) is 13.2. The molecule has 0 spiro atoms. The van der Waals surface area contributed by atoms with Crippen LogP contribution in [0.1, 0.15) is 43.0 Å². The lowest BCUT2D eigenvalue weighted by molar-refractivity contribution is 0.0953. The van der Waals surface area contributed by atoms with Crippen molar-refractivity contribution in [3.63, 3.8) is 0 Å². The Hall–Kier alpha value is -0.870. The number of guanidine groups is 1. The van der Waals surface area contributed by atoms with Gasteiger partial charge in [0.05, 0.1) is 0 Å². The summed E-state index contributed by atoms with van der Waals surface area (Å²) in [6.45, 7) is 6.69. The number of benzene rings is 1. The van der Waals surface area contributed by atoms with Gasteiger partial charge in [-0.25, -0.2) is 0 Å². The molecule has 1 aliphatic carbocycles. The molecule has 0 atom stereocenters. The summed E-state index contributed by atoms with van der Waals surface area (Å²) in [5.41, 5.74) is 0.659. The average Bonchev–Trinajstić information content (AvgIpc) is 3.48. The van der Waals surface area contributed by atoms with Gasteiger partial charge in [-0.3, -0.25) is 9.79 Å². The summed E-state index contributed by atoms with van der Waals surface area (Å²) in [5.74, 6) is 1.58. The third-order valence-corrected chi connectivity index (χ3v) is 4.62. The minimum Gasteiger partial charge on any atom is -0.381 e. The fourth-order valence-corrected chi connectivity index (χ4v) is 2.86. The van der Waals surface area contributed by atoms with Crippen LogP contribution in [0, 0.1) is 5.92 Å². The van der Waals surface area contributed by atoms with E-state index in [1.807, 2.05) is 25.1 Å². The molecule has 0 radical (unpaired) electrons. The van der Waals surface area contributed by atoms with E-state index in [2.05, 4.69) is 36.9 Å². The van der Waals surface area contributed by atoms with E-state index in [4.69, 9.17) is 4.74 Å². The number of aliphatic imine (C=N–C) groups is 1. The normalized spacial score (nSPS) is 13.6. The van der Waals surface area contributed by atoms with Gasteiger partial charge in [0.15, 0.2) is 5.96 Å².